The molecule has 0 unspecified atom stereocenters. The van der Waals surface area contributed by atoms with Crippen LogP contribution in [0.3, 0.4) is 0 Å². The lowest BCUT2D eigenvalue weighted by atomic mass is 9.33. The fourth-order valence-electron chi connectivity index (χ4n) is 1.74. The Bertz CT molecular complexity index is 161. The van der Waals surface area contributed by atoms with Crippen molar-refractivity contribution in [2.45, 2.75) is 59.6 Å². The lowest BCUT2D eigenvalue weighted by molar-refractivity contribution is 0.147. The Kier molecular flexibility index (Phi) is 3.75. The molecule has 13 heavy (non-hydrogen) atoms. The highest BCUT2D eigenvalue weighted by atomic mass is 14.4. The highest BCUT2D eigenvalue weighted by Crippen LogP contribution is 2.56. The molecular formula is C11H22B2. The second kappa shape index (κ2) is 3.71. The standard InChI is InChI=1S/C11H22B2/c1-7-10(6,8-2)11(12,13)9(3,4)5/h7-8H2,1-6H3. The zero-order chi connectivity index (χ0) is 10.9. The molecule has 2 heteroatoms. The molecule has 0 aromatic rings. The molecule has 0 aliphatic carbocycles. The summed E-state index contributed by atoms with van der Waals surface area (Å²) in [4.78, 5) is 0. The first-order valence-corrected chi connectivity index (χ1v) is 5.20. The van der Waals surface area contributed by atoms with Crippen LogP contribution >= 0.6 is 0 Å². The first-order chi connectivity index (χ1) is 5.62. The third kappa shape index (κ3) is 2.14. The molecule has 0 rings (SSSR count). The van der Waals surface area contributed by atoms with Crippen molar-refractivity contribution in [3.05, 3.63) is 0 Å². The van der Waals surface area contributed by atoms with Crippen molar-refractivity contribution < 1.29 is 0 Å². The molecule has 0 spiro atoms. The van der Waals surface area contributed by atoms with Gasteiger partial charge in [0.2, 0.25) is 0 Å². The molecule has 0 fully saturated rings. The van der Waals surface area contributed by atoms with Crippen molar-refractivity contribution in [3.8, 4) is 0 Å². The van der Waals surface area contributed by atoms with Crippen LogP contribution in [-0.4, -0.2) is 15.7 Å². The normalized spacial score (nSPS) is 14.6. The second-order valence-electron chi connectivity index (χ2n) is 5.39. The predicted molar refractivity (Wildman–Crippen MR) is 62.3 cm³/mol. The minimum Gasteiger partial charge on any atom is -0.0892 e. The fraction of sp³-hybridized carbons (Fsp3) is 1.00. The maximum Gasteiger partial charge on any atom is 0.0634 e. The van der Waals surface area contributed by atoms with Crippen LogP contribution in [0.2, 0.25) is 5.21 Å². The van der Waals surface area contributed by atoms with Gasteiger partial charge in [0.1, 0.15) is 0 Å². The van der Waals surface area contributed by atoms with E-state index in [9.17, 15) is 0 Å². The number of hydrogen-bond acceptors (Lipinski definition) is 0. The van der Waals surface area contributed by atoms with Gasteiger partial charge in [0.25, 0.3) is 0 Å². The van der Waals surface area contributed by atoms with Gasteiger partial charge in [-0.1, -0.05) is 59.6 Å². The molecule has 0 nitrogen and oxygen atoms in total. The van der Waals surface area contributed by atoms with Crippen molar-refractivity contribution in [2.24, 2.45) is 10.8 Å². The SMILES string of the molecule is [B]C([B])(C(C)(C)C)C(C)(CC)CC. The molecule has 72 valence electrons. The lowest BCUT2D eigenvalue weighted by Gasteiger charge is -2.53. The van der Waals surface area contributed by atoms with Crippen LogP contribution < -0.4 is 0 Å². The molecule has 0 N–H and O–H groups in total. The zero-order valence-electron chi connectivity index (χ0n) is 10.1. The summed E-state index contributed by atoms with van der Waals surface area (Å²) in [5.41, 5.74) is -0.0426. The summed E-state index contributed by atoms with van der Waals surface area (Å²) in [5, 5.41) is -0.608. The molecule has 4 radical (unpaired) electrons. The van der Waals surface area contributed by atoms with Crippen molar-refractivity contribution >= 4 is 15.7 Å². The lowest BCUT2D eigenvalue weighted by Crippen LogP contribution is -2.43. The van der Waals surface area contributed by atoms with Gasteiger partial charge in [-0.25, -0.2) is 0 Å². The number of rotatable bonds is 3. The molecule has 0 amide bonds. The molecule has 0 atom stereocenters. The third-order valence-corrected chi connectivity index (χ3v) is 3.80. The van der Waals surface area contributed by atoms with E-state index in [4.69, 9.17) is 15.7 Å². The van der Waals surface area contributed by atoms with Gasteiger partial charge in [-0.2, -0.15) is 0 Å². The Balaban J connectivity index is 5.00. The van der Waals surface area contributed by atoms with Gasteiger partial charge in [-0.15, -0.1) is 0 Å². The van der Waals surface area contributed by atoms with E-state index in [0.717, 1.165) is 12.8 Å². The summed E-state index contributed by atoms with van der Waals surface area (Å²) >= 11 is 0. The van der Waals surface area contributed by atoms with E-state index in [2.05, 4.69) is 41.5 Å². The first-order valence-electron chi connectivity index (χ1n) is 5.20. The predicted octanol–water partition coefficient (Wildman–Crippen LogP) is 3.31. The summed E-state index contributed by atoms with van der Waals surface area (Å²) in [6.07, 6.45) is 2.04. The average Bonchev–Trinajstić information content (AvgIpc) is 2.00. The van der Waals surface area contributed by atoms with E-state index in [-0.39, 0.29) is 10.8 Å². The van der Waals surface area contributed by atoms with Crippen LogP contribution in [0.5, 0.6) is 0 Å². The molecule has 0 saturated carbocycles. The van der Waals surface area contributed by atoms with Gasteiger partial charge >= 0.3 is 0 Å². The smallest absolute Gasteiger partial charge is 0.0634 e. The maximum atomic E-state index is 6.27. The molecule has 0 aromatic carbocycles. The van der Waals surface area contributed by atoms with Crippen LogP contribution in [0.25, 0.3) is 0 Å². The van der Waals surface area contributed by atoms with E-state index in [1.807, 2.05) is 0 Å². The summed E-state index contributed by atoms with van der Waals surface area (Å²) in [7, 11) is 12.5. The van der Waals surface area contributed by atoms with Crippen molar-refractivity contribution in [3.63, 3.8) is 0 Å². The van der Waals surface area contributed by atoms with Crippen molar-refractivity contribution in [1.29, 1.82) is 0 Å². The van der Waals surface area contributed by atoms with Gasteiger partial charge in [-0.05, 0) is 10.8 Å². The van der Waals surface area contributed by atoms with Gasteiger partial charge in [0, 0.05) is 0 Å². The molecule has 0 bridgehead atoms. The van der Waals surface area contributed by atoms with E-state index in [0.29, 0.717) is 0 Å². The minimum atomic E-state index is -0.608. The zero-order valence-corrected chi connectivity index (χ0v) is 10.1. The topological polar surface area (TPSA) is 0 Å². The number of hydrogen-bond donors (Lipinski definition) is 0. The largest absolute Gasteiger partial charge is 0.0892 e. The summed E-state index contributed by atoms with van der Waals surface area (Å²) in [6.45, 7) is 12.8. The molecular weight excluding hydrogens is 154 g/mol. The quantitative estimate of drug-likeness (QED) is 0.578. The Morgan fingerprint density at radius 2 is 1.15 bits per heavy atom. The summed E-state index contributed by atoms with van der Waals surface area (Å²) in [6, 6.07) is 0. The van der Waals surface area contributed by atoms with E-state index in [1.165, 1.54) is 0 Å². The van der Waals surface area contributed by atoms with Crippen LogP contribution in [0.4, 0.5) is 0 Å². The maximum absolute atomic E-state index is 6.27. The second-order valence-corrected chi connectivity index (χ2v) is 5.39. The van der Waals surface area contributed by atoms with E-state index >= 15 is 0 Å². The van der Waals surface area contributed by atoms with Crippen molar-refractivity contribution in [1.82, 2.24) is 0 Å². The van der Waals surface area contributed by atoms with Crippen LogP contribution in [0, 0.1) is 10.8 Å². The van der Waals surface area contributed by atoms with Crippen LogP contribution in [0.1, 0.15) is 54.4 Å². The van der Waals surface area contributed by atoms with Crippen LogP contribution in [-0.2, 0) is 0 Å². The Hall–Kier alpha value is 0.130. The highest BCUT2D eigenvalue weighted by molar-refractivity contribution is 6.41. The van der Waals surface area contributed by atoms with Gasteiger partial charge < -0.3 is 0 Å². The first kappa shape index (κ1) is 13.1. The highest BCUT2D eigenvalue weighted by Gasteiger charge is 2.44. The Morgan fingerprint density at radius 3 is 1.23 bits per heavy atom. The average molecular weight is 176 g/mol. The van der Waals surface area contributed by atoms with Gasteiger partial charge in [0.15, 0.2) is 0 Å². The van der Waals surface area contributed by atoms with E-state index in [1.54, 1.807) is 0 Å². The third-order valence-electron chi connectivity index (χ3n) is 3.80. The van der Waals surface area contributed by atoms with Crippen molar-refractivity contribution in [2.75, 3.05) is 0 Å². The Labute approximate surface area is 86.7 Å². The molecule has 0 heterocycles. The monoisotopic (exact) mass is 176 g/mol. The molecule has 0 aromatic heterocycles. The Morgan fingerprint density at radius 1 is 0.846 bits per heavy atom. The molecule has 0 saturated heterocycles. The van der Waals surface area contributed by atoms with Gasteiger partial charge in [-0.3, -0.25) is 0 Å². The van der Waals surface area contributed by atoms with E-state index < -0.39 is 5.21 Å². The van der Waals surface area contributed by atoms with Crippen LogP contribution in [0.15, 0.2) is 0 Å². The molecule has 0 aliphatic rings. The molecule has 0 aliphatic heterocycles. The summed E-state index contributed by atoms with van der Waals surface area (Å²) in [5.74, 6) is 0. The summed E-state index contributed by atoms with van der Waals surface area (Å²) < 4.78 is 0. The van der Waals surface area contributed by atoms with Gasteiger partial charge in [0.05, 0.1) is 15.7 Å². The fourth-order valence-corrected chi connectivity index (χ4v) is 1.74. The minimum absolute atomic E-state index is 0.0191.